The van der Waals surface area contributed by atoms with Crippen LogP contribution in [0.5, 0.6) is 0 Å². The quantitative estimate of drug-likeness (QED) is 0.628. The number of rotatable bonds is 3. The van der Waals surface area contributed by atoms with Gasteiger partial charge in [-0.2, -0.15) is 0 Å². The van der Waals surface area contributed by atoms with Crippen molar-refractivity contribution in [2.45, 2.75) is 47.1 Å². The third-order valence-electron chi connectivity index (χ3n) is 3.70. The van der Waals surface area contributed by atoms with E-state index in [1.54, 1.807) is 0 Å². The zero-order chi connectivity index (χ0) is 9.35. The van der Waals surface area contributed by atoms with Gasteiger partial charge in [-0.05, 0) is 31.6 Å². The summed E-state index contributed by atoms with van der Waals surface area (Å²) in [5, 5.41) is 0. The van der Waals surface area contributed by atoms with Crippen LogP contribution in [-0.2, 0) is 0 Å². The van der Waals surface area contributed by atoms with Gasteiger partial charge in [0, 0.05) is 19.1 Å². The van der Waals surface area contributed by atoms with Crippen LogP contribution < -0.4 is 0 Å². The second kappa shape index (κ2) is 3.37. The fourth-order valence-corrected chi connectivity index (χ4v) is 2.12. The minimum atomic E-state index is 0.643. The molecule has 1 aliphatic rings. The van der Waals surface area contributed by atoms with E-state index >= 15 is 0 Å². The zero-order valence-electron chi connectivity index (χ0n) is 9.22. The molecule has 0 saturated carbocycles. The molecule has 0 atom stereocenters. The maximum absolute atomic E-state index is 2.57. The fourth-order valence-electron chi connectivity index (χ4n) is 2.12. The average molecular weight is 169 g/mol. The Labute approximate surface area is 77.1 Å². The summed E-state index contributed by atoms with van der Waals surface area (Å²) in [7, 11) is 0. The lowest BCUT2D eigenvalue weighted by Crippen LogP contribution is -2.60. The Morgan fingerprint density at radius 1 is 1.17 bits per heavy atom. The van der Waals surface area contributed by atoms with Crippen LogP contribution in [0.1, 0.15) is 41.0 Å². The van der Waals surface area contributed by atoms with Gasteiger partial charge in [-0.15, -0.1) is 0 Å². The van der Waals surface area contributed by atoms with E-state index in [1.807, 2.05) is 0 Å². The van der Waals surface area contributed by atoms with Gasteiger partial charge >= 0.3 is 0 Å². The van der Waals surface area contributed by atoms with Crippen LogP contribution in [0.25, 0.3) is 0 Å². The van der Waals surface area contributed by atoms with Crippen LogP contribution >= 0.6 is 0 Å². The zero-order valence-corrected chi connectivity index (χ0v) is 9.22. The number of likely N-dealkylation sites (tertiary alicyclic amines) is 1. The average Bonchev–Trinajstić information content (AvgIpc) is 1.84. The van der Waals surface area contributed by atoms with E-state index in [0.29, 0.717) is 5.41 Å². The molecule has 0 radical (unpaired) electrons. The van der Waals surface area contributed by atoms with Crippen molar-refractivity contribution in [3.63, 3.8) is 0 Å². The van der Waals surface area contributed by atoms with E-state index in [4.69, 9.17) is 0 Å². The molecule has 0 aliphatic carbocycles. The summed E-state index contributed by atoms with van der Waals surface area (Å²) in [6.07, 6.45) is 1.34. The molecule has 0 spiro atoms. The molecule has 0 N–H and O–H groups in total. The molecule has 1 heterocycles. The summed E-state index contributed by atoms with van der Waals surface area (Å²) in [4.78, 5) is 2.57. The lowest BCUT2D eigenvalue weighted by Gasteiger charge is -2.54. The molecular weight excluding hydrogens is 146 g/mol. The molecule has 1 rings (SSSR count). The first kappa shape index (κ1) is 10.0. The van der Waals surface area contributed by atoms with E-state index in [1.165, 1.54) is 19.5 Å². The van der Waals surface area contributed by atoms with Crippen LogP contribution in [0.2, 0.25) is 0 Å². The second-order valence-electron chi connectivity index (χ2n) is 4.87. The van der Waals surface area contributed by atoms with Gasteiger partial charge in [0.05, 0.1) is 0 Å². The summed E-state index contributed by atoms with van der Waals surface area (Å²) in [5.74, 6) is 0.845. The molecule has 72 valence electrons. The first-order chi connectivity index (χ1) is 5.52. The van der Waals surface area contributed by atoms with Gasteiger partial charge in [-0.25, -0.2) is 0 Å². The van der Waals surface area contributed by atoms with Crippen molar-refractivity contribution in [1.29, 1.82) is 0 Å². The first-order valence-corrected chi connectivity index (χ1v) is 5.26. The van der Waals surface area contributed by atoms with E-state index in [0.717, 1.165) is 12.0 Å². The van der Waals surface area contributed by atoms with Crippen molar-refractivity contribution in [1.82, 2.24) is 4.90 Å². The van der Waals surface area contributed by atoms with Crippen LogP contribution in [0.4, 0.5) is 0 Å². The first-order valence-electron chi connectivity index (χ1n) is 5.26. The Balaban J connectivity index is 2.46. The van der Waals surface area contributed by atoms with Crippen molar-refractivity contribution < 1.29 is 0 Å². The molecule has 1 heteroatoms. The van der Waals surface area contributed by atoms with Crippen LogP contribution in [0, 0.1) is 11.3 Å². The van der Waals surface area contributed by atoms with Gasteiger partial charge in [0.2, 0.25) is 0 Å². The van der Waals surface area contributed by atoms with E-state index in [2.05, 4.69) is 39.5 Å². The molecule has 0 aromatic heterocycles. The predicted octanol–water partition coefficient (Wildman–Crippen LogP) is 2.76. The molecule has 12 heavy (non-hydrogen) atoms. The van der Waals surface area contributed by atoms with Crippen LogP contribution in [0.15, 0.2) is 0 Å². The van der Waals surface area contributed by atoms with Crippen molar-refractivity contribution in [3.8, 4) is 0 Å². The molecular formula is C11H23N. The van der Waals surface area contributed by atoms with Gasteiger partial charge in [-0.1, -0.05) is 20.8 Å². The molecule has 1 saturated heterocycles. The Hall–Kier alpha value is -0.0400. The van der Waals surface area contributed by atoms with E-state index in [9.17, 15) is 0 Å². The minimum absolute atomic E-state index is 0.643. The summed E-state index contributed by atoms with van der Waals surface area (Å²) in [6, 6.07) is 0.739. The highest BCUT2D eigenvalue weighted by Gasteiger charge is 2.44. The maximum Gasteiger partial charge on any atom is 0.00555 e. The Bertz CT molecular complexity index is 143. The Morgan fingerprint density at radius 2 is 1.67 bits per heavy atom. The van der Waals surface area contributed by atoms with Crippen LogP contribution in [-0.4, -0.2) is 24.0 Å². The smallest absolute Gasteiger partial charge is 0.00555 e. The van der Waals surface area contributed by atoms with Gasteiger partial charge in [0.1, 0.15) is 0 Å². The van der Waals surface area contributed by atoms with Gasteiger partial charge < -0.3 is 0 Å². The third-order valence-corrected chi connectivity index (χ3v) is 3.70. The summed E-state index contributed by atoms with van der Waals surface area (Å²) < 4.78 is 0. The molecule has 0 aromatic carbocycles. The normalized spacial score (nSPS) is 23.2. The molecule has 1 nitrogen and oxygen atoms in total. The van der Waals surface area contributed by atoms with Crippen molar-refractivity contribution >= 4 is 0 Å². The fraction of sp³-hybridized carbons (Fsp3) is 1.00. The monoisotopic (exact) mass is 169 g/mol. The van der Waals surface area contributed by atoms with E-state index < -0.39 is 0 Å². The van der Waals surface area contributed by atoms with E-state index in [-0.39, 0.29) is 0 Å². The highest BCUT2D eigenvalue weighted by molar-refractivity contribution is 4.96. The van der Waals surface area contributed by atoms with Gasteiger partial charge in [0.25, 0.3) is 0 Å². The molecule has 0 bridgehead atoms. The topological polar surface area (TPSA) is 3.24 Å². The lowest BCUT2D eigenvalue weighted by molar-refractivity contribution is -0.0571. The van der Waals surface area contributed by atoms with Crippen molar-refractivity contribution in [2.75, 3.05) is 13.1 Å². The van der Waals surface area contributed by atoms with Gasteiger partial charge in [-0.3, -0.25) is 4.90 Å². The molecule has 1 aliphatic heterocycles. The molecule has 0 unspecified atom stereocenters. The number of hydrogen-bond acceptors (Lipinski definition) is 1. The summed E-state index contributed by atoms with van der Waals surface area (Å²) in [5.41, 5.74) is 0.643. The van der Waals surface area contributed by atoms with Gasteiger partial charge in [0.15, 0.2) is 0 Å². The molecule has 0 aromatic rings. The molecule has 1 fully saturated rings. The summed E-state index contributed by atoms with van der Waals surface area (Å²) in [6.45, 7) is 14.3. The minimum Gasteiger partial charge on any atom is -0.300 e. The molecule has 0 amide bonds. The Morgan fingerprint density at radius 3 is 1.92 bits per heavy atom. The number of nitrogens with zero attached hydrogens (tertiary/aromatic N) is 1. The third kappa shape index (κ3) is 1.52. The largest absolute Gasteiger partial charge is 0.300 e. The second-order valence-corrected chi connectivity index (χ2v) is 4.87. The number of hydrogen-bond donors (Lipinski definition) is 0. The van der Waals surface area contributed by atoms with Crippen molar-refractivity contribution in [3.05, 3.63) is 0 Å². The van der Waals surface area contributed by atoms with Crippen molar-refractivity contribution in [2.24, 2.45) is 11.3 Å². The standard InChI is InChI=1S/C11H23N/c1-6-11(9(2)3)7-12(8-11)10(4)5/h9-10H,6-8H2,1-5H3. The predicted molar refractivity (Wildman–Crippen MR) is 54.3 cm³/mol. The summed E-state index contributed by atoms with van der Waals surface area (Å²) >= 11 is 0. The highest BCUT2D eigenvalue weighted by atomic mass is 15.2. The lowest BCUT2D eigenvalue weighted by atomic mass is 9.68. The highest BCUT2D eigenvalue weighted by Crippen LogP contribution is 2.41. The maximum atomic E-state index is 2.57. The SMILES string of the molecule is CCC1(C(C)C)CN(C(C)C)C1. The van der Waals surface area contributed by atoms with Crippen LogP contribution in [0.3, 0.4) is 0 Å². The Kier molecular flexibility index (Phi) is 2.82.